The summed E-state index contributed by atoms with van der Waals surface area (Å²) in [6.07, 6.45) is -7.84. The van der Waals surface area contributed by atoms with Crippen LogP contribution >= 0.6 is 7.60 Å². The number of ether oxygens (including phenoxy) is 2. The Morgan fingerprint density at radius 2 is 2.00 bits per heavy atom. The van der Waals surface area contributed by atoms with Gasteiger partial charge in [-0.15, -0.1) is 0 Å². The molecule has 1 unspecified atom stereocenters. The van der Waals surface area contributed by atoms with E-state index in [4.69, 9.17) is 19.7 Å². The first-order valence-corrected chi connectivity index (χ1v) is 11.5. The predicted molar refractivity (Wildman–Crippen MR) is 106 cm³/mol. The summed E-state index contributed by atoms with van der Waals surface area (Å²) in [6.45, 7) is -0.523. The van der Waals surface area contributed by atoms with Crippen molar-refractivity contribution in [2.24, 2.45) is 4.99 Å². The van der Waals surface area contributed by atoms with Gasteiger partial charge in [-0.25, -0.2) is 4.79 Å². The van der Waals surface area contributed by atoms with Crippen molar-refractivity contribution in [2.75, 3.05) is 18.9 Å². The van der Waals surface area contributed by atoms with Crippen molar-refractivity contribution in [1.29, 1.82) is 0 Å². The first kappa shape index (κ1) is 33.6. The second-order valence-corrected chi connectivity index (χ2v) is 9.80. The van der Waals surface area contributed by atoms with Crippen LogP contribution < -0.4 is 80.8 Å². The summed E-state index contributed by atoms with van der Waals surface area (Å²) in [5, 5.41) is 50.6. The van der Waals surface area contributed by atoms with Crippen LogP contribution in [-0.2, 0) is 23.4 Å². The van der Waals surface area contributed by atoms with Crippen LogP contribution in [-0.4, -0.2) is 90.6 Å². The van der Waals surface area contributed by atoms with Crippen molar-refractivity contribution < 1.29 is 113 Å². The van der Waals surface area contributed by atoms with Crippen molar-refractivity contribution in [2.45, 2.75) is 55.4 Å². The molecule has 2 aliphatic rings. The molecule has 190 valence electrons. The van der Waals surface area contributed by atoms with Gasteiger partial charge in [0.15, 0.2) is 6.23 Å². The van der Waals surface area contributed by atoms with E-state index in [-0.39, 0.29) is 64.9 Å². The van der Waals surface area contributed by atoms with Crippen molar-refractivity contribution >= 4 is 25.3 Å². The molecule has 36 heavy (non-hydrogen) atoms. The molecule has 16 nitrogen and oxygen atoms in total. The van der Waals surface area contributed by atoms with Crippen molar-refractivity contribution in [3.8, 4) is 0 Å². The Hall–Kier alpha value is -0.430. The third-order valence-corrected chi connectivity index (χ3v) is 7.33. The van der Waals surface area contributed by atoms with E-state index in [1.807, 2.05) is 0 Å². The number of carboxylic acid groups (broad SMARTS) is 1. The first-order valence-electron chi connectivity index (χ1n) is 9.87. The van der Waals surface area contributed by atoms with Gasteiger partial charge in [-0.3, -0.25) is 14.1 Å². The molecule has 0 bridgehead atoms. The zero-order valence-electron chi connectivity index (χ0n) is 19.7. The fourth-order valence-electron chi connectivity index (χ4n) is 3.62. The van der Waals surface area contributed by atoms with Crippen molar-refractivity contribution in [1.82, 2.24) is 9.55 Å². The topological polar surface area (TPSA) is 262 Å². The summed E-state index contributed by atoms with van der Waals surface area (Å²) >= 11 is 0. The summed E-state index contributed by atoms with van der Waals surface area (Å²) in [4.78, 5) is 41.2. The summed E-state index contributed by atoms with van der Waals surface area (Å²) in [6, 6.07) is 0.0593. The molecule has 1 aromatic rings. The molecule has 0 radical (unpaired) electrons. The number of carbonyl (C=O) groups is 1. The average molecular weight is 552 g/mol. The van der Waals surface area contributed by atoms with E-state index in [2.05, 4.69) is 9.98 Å². The maximum absolute atomic E-state index is 12.9. The summed E-state index contributed by atoms with van der Waals surface area (Å²) in [7, 11) is -5.30. The Labute approximate surface area is 248 Å². The Bertz CT molecular complexity index is 1070. The molecule has 0 aliphatic carbocycles. The van der Waals surface area contributed by atoms with Gasteiger partial charge in [-0.05, 0) is 18.9 Å². The fourth-order valence-corrected chi connectivity index (χ4v) is 5.06. The molecule has 6 N–H and O–H groups in total. The number of hydrogen-bond donors (Lipinski definition) is 5. The minimum Gasteiger partial charge on any atom is -0.862 e. The third-order valence-electron chi connectivity index (χ3n) is 5.42. The monoisotopic (exact) mass is 552 g/mol. The van der Waals surface area contributed by atoms with Gasteiger partial charge in [0, 0.05) is 12.6 Å². The molecule has 0 spiro atoms. The van der Waals surface area contributed by atoms with E-state index in [9.17, 15) is 44.6 Å². The Balaban J connectivity index is 0.00000324. The molecule has 2 aliphatic heterocycles. The number of anilines is 1. The van der Waals surface area contributed by atoms with E-state index in [0.29, 0.717) is 0 Å². The zero-order valence-corrected chi connectivity index (χ0v) is 24.6. The van der Waals surface area contributed by atoms with Gasteiger partial charge < -0.3 is 55.0 Å². The molecule has 1 aromatic heterocycles. The first-order chi connectivity index (χ1) is 15.8. The van der Waals surface area contributed by atoms with E-state index in [1.165, 1.54) is 6.07 Å². The Morgan fingerprint density at radius 3 is 2.53 bits per heavy atom. The number of hydrogen-bond acceptors (Lipinski definition) is 14. The molecule has 3 rings (SSSR count). The predicted octanol–water partition coefficient (Wildman–Crippen LogP) is -11.0. The average Bonchev–Trinajstić information content (AvgIpc) is 3.01. The SMILES string of the molecule is CC([O-])=N[C@H]1CO[C@@](C(=O)[O-])(P(=O)(O)OC[C@H]2O[C@@H](n3ccc(N)nc3=O)[C@H](O)[C@@H]2O)C[C@@H]1O.[Na+].[Na+]. The smallest absolute Gasteiger partial charge is 0.862 e. The van der Waals surface area contributed by atoms with Gasteiger partial charge in [-0.2, -0.15) is 4.98 Å². The molecule has 8 atom stereocenters. The van der Waals surface area contributed by atoms with Crippen LogP contribution in [0.15, 0.2) is 22.1 Å². The summed E-state index contributed by atoms with van der Waals surface area (Å²) in [5.41, 5.74) is 4.49. The number of nitrogens with zero attached hydrogens (tertiary/aromatic N) is 3. The molecule has 0 saturated carbocycles. The molecule has 2 fully saturated rings. The largest absolute Gasteiger partial charge is 1.00 e. The third kappa shape index (κ3) is 6.76. The standard InChI is InChI=1S/C17H25N4O12P.2Na/c1-7(22)19-8-5-31-17(15(26)27,4-9(8)23)34(29,30)32-6-10-12(24)13(25)14(33-10)21-3-2-11(18)20-16(21)28;;/h2-3,8-10,12-14,23-25H,4-6H2,1H3,(H,19,22)(H,26,27)(H,29,30)(H2,18,20,28);;/q;2*+1/p-2/t8-,9-,10+,12+,13+,14+,17+;;/m0../s1. The van der Waals surface area contributed by atoms with Gasteiger partial charge in [0.1, 0.15) is 24.1 Å². The molecule has 0 amide bonds. The van der Waals surface area contributed by atoms with Gasteiger partial charge >= 0.3 is 72.4 Å². The van der Waals surface area contributed by atoms with Crippen molar-refractivity contribution in [3.05, 3.63) is 22.7 Å². The number of carbonyl (C=O) groups excluding carboxylic acids is 1. The van der Waals surface area contributed by atoms with Crippen LogP contribution in [0, 0.1) is 0 Å². The van der Waals surface area contributed by atoms with E-state index in [0.717, 1.165) is 17.7 Å². The molecule has 2 saturated heterocycles. The van der Waals surface area contributed by atoms with Crippen LogP contribution in [0.3, 0.4) is 0 Å². The van der Waals surface area contributed by atoms with Gasteiger partial charge in [0.05, 0.1) is 31.3 Å². The maximum Gasteiger partial charge on any atom is 1.00 e. The fraction of sp³-hybridized carbons (Fsp3) is 0.647. The van der Waals surface area contributed by atoms with E-state index >= 15 is 0 Å². The molecule has 19 heteroatoms. The van der Waals surface area contributed by atoms with Crippen molar-refractivity contribution in [3.63, 3.8) is 0 Å². The van der Waals surface area contributed by atoms with E-state index < -0.39 is 86.8 Å². The number of aliphatic imine (C=N–C) groups is 1. The minimum absolute atomic E-state index is 0. The number of aliphatic hydroxyl groups excluding tert-OH is 3. The maximum atomic E-state index is 12.9. The number of aliphatic carboxylic acids is 1. The number of carboxylic acids is 1. The van der Waals surface area contributed by atoms with Gasteiger partial charge in [0.2, 0.25) is 5.34 Å². The summed E-state index contributed by atoms with van der Waals surface area (Å²) in [5.74, 6) is -2.94. The summed E-state index contributed by atoms with van der Waals surface area (Å²) < 4.78 is 29.0. The normalized spacial score (nSPS) is 34.2. The quantitative estimate of drug-likeness (QED) is 0.0910. The van der Waals surface area contributed by atoms with Gasteiger partial charge in [0.25, 0.3) is 0 Å². The minimum atomic E-state index is -5.30. The Morgan fingerprint density at radius 1 is 1.36 bits per heavy atom. The van der Waals surface area contributed by atoms with E-state index in [1.54, 1.807) is 0 Å². The second kappa shape index (κ2) is 13.1. The van der Waals surface area contributed by atoms with Crippen LogP contribution in [0.1, 0.15) is 19.6 Å². The Kier molecular flexibility index (Phi) is 12.2. The molecule has 3 heterocycles. The number of aliphatic hydroxyl groups is 3. The number of aromatic nitrogens is 2. The number of nitrogen functional groups attached to an aromatic ring is 1. The van der Waals surface area contributed by atoms with Crippen LogP contribution in [0.25, 0.3) is 0 Å². The van der Waals surface area contributed by atoms with Gasteiger partial charge in [-0.1, -0.05) is 0 Å². The molecular formula is C17H23N4Na2O12P. The van der Waals surface area contributed by atoms with Crippen LogP contribution in [0.4, 0.5) is 5.82 Å². The van der Waals surface area contributed by atoms with Crippen LogP contribution in [0.5, 0.6) is 0 Å². The van der Waals surface area contributed by atoms with Crippen LogP contribution in [0.2, 0.25) is 0 Å². The molecular weight excluding hydrogens is 529 g/mol. The number of nitrogens with two attached hydrogens (primary N) is 1. The second-order valence-electron chi connectivity index (χ2n) is 7.77. The number of rotatable bonds is 7. The zero-order chi connectivity index (χ0) is 25.4. The molecule has 0 aromatic carbocycles.